The maximum atomic E-state index is 13.0. The SMILES string of the molecule is CC(C)(C)[Si](C)(C)O[C@H]1CCCN(C(=O)O)[C@@H]1CC(=O)Cn1cnc2cc(Br)cnc21. The molecule has 1 aliphatic heterocycles. The number of ketones is 1. The fraction of sp³-hybridized carbons (Fsp3) is 0.619. The Kier molecular flexibility index (Phi) is 6.92. The molecule has 0 aliphatic carbocycles. The van der Waals surface area contributed by atoms with Gasteiger partial charge < -0.3 is 19.0 Å². The highest BCUT2D eigenvalue weighted by Crippen LogP contribution is 2.39. The zero-order valence-corrected chi connectivity index (χ0v) is 21.3. The number of carbonyl (C=O) groups is 2. The second-order valence-electron chi connectivity index (χ2n) is 9.71. The number of hydrogen-bond donors (Lipinski definition) is 1. The van der Waals surface area contributed by atoms with E-state index in [0.29, 0.717) is 17.7 Å². The lowest BCUT2D eigenvalue weighted by molar-refractivity contribution is -0.122. The van der Waals surface area contributed by atoms with Crippen molar-refractivity contribution in [2.75, 3.05) is 6.54 Å². The minimum Gasteiger partial charge on any atom is -0.465 e. The van der Waals surface area contributed by atoms with Crippen molar-refractivity contribution in [3.8, 4) is 0 Å². The molecule has 31 heavy (non-hydrogen) atoms. The summed E-state index contributed by atoms with van der Waals surface area (Å²) in [7, 11) is -2.12. The summed E-state index contributed by atoms with van der Waals surface area (Å²) in [5, 5.41) is 9.76. The molecule has 1 N–H and O–H groups in total. The second kappa shape index (κ2) is 8.99. The number of likely N-dealkylation sites (tertiary alicyclic amines) is 1. The monoisotopic (exact) mass is 510 g/mol. The molecule has 1 amide bonds. The van der Waals surface area contributed by atoms with Crippen LogP contribution in [0.25, 0.3) is 11.2 Å². The van der Waals surface area contributed by atoms with Gasteiger partial charge in [0.25, 0.3) is 0 Å². The third kappa shape index (κ3) is 5.35. The maximum absolute atomic E-state index is 13.0. The Labute approximate surface area is 192 Å². The number of nitrogens with zero attached hydrogens (tertiary/aromatic N) is 4. The summed E-state index contributed by atoms with van der Waals surface area (Å²) in [6, 6.07) is 1.37. The molecule has 2 atom stereocenters. The summed E-state index contributed by atoms with van der Waals surface area (Å²) in [5.74, 6) is -0.0639. The first kappa shape index (κ1) is 23.9. The number of pyridine rings is 1. The number of aromatic nitrogens is 3. The molecular weight excluding hydrogens is 480 g/mol. The van der Waals surface area contributed by atoms with Gasteiger partial charge in [0.15, 0.2) is 19.7 Å². The smallest absolute Gasteiger partial charge is 0.407 e. The lowest BCUT2D eigenvalue weighted by Gasteiger charge is -2.45. The number of imidazole rings is 1. The van der Waals surface area contributed by atoms with Gasteiger partial charge in [0.1, 0.15) is 5.52 Å². The number of carboxylic acid groups (broad SMARTS) is 1. The van der Waals surface area contributed by atoms with Crippen LogP contribution in [0.1, 0.15) is 40.0 Å². The molecule has 0 aromatic carbocycles. The second-order valence-corrected chi connectivity index (χ2v) is 15.4. The van der Waals surface area contributed by atoms with E-state index in [2.05, 4.69) is 59.8 Å². The molecule has 0 unspecified atom stereocenters. The zero-order valence-electron chi connectivity index (χ0n) is 18.8. The highest BCUT2D eigenvalue weighted by molar-refractivity contribution is 9.10. The molecule has 0 radical (unpaired) electrons. The molecule has 2 aromatic heterocycles. The molecule has 0 saturated carbocycles. The summed E-state index contributed by atoms with van der Waals surface area (Å²) < 4.78 is 9.13. The number of carbonyl (C=O) groups excluding carboxylic acids is 1. The number of fused-ring (bicyclic) bond motifs is 1. The van der Waals surface area contributed by atoms with Gasteiger partial charge in [-0.15, -0.1) is 0 Å². The highest BCUT2D eigenvalue weighted by Gasteiger charge is 2.44. The fourth-order valence-corrected chi connectivity index (χ4v) is 5.43. The molecule has 0 spiro atoms. The molecule has 10 heteroatoms. The van der Waals surface area contributed by atoms with Crippen molar-refractivity contribution in [3.05, 3.63) is 23.1 Å². The fourth-order valence-electron chi connectivity index (χ4n) is 3.72. The quantitative estimate of drug-likeness (QED) is 0.566. The van der Waals surface area contributed by atoms with Gasteiger partial charge in [-0.25, -0.2) is 14.8 Å². The van der Waals surface area contributed by atoms with Crippen LogP contribution in [0, 0.1) is 0 Å². The van der Waals surface area contributed by atoms with E-state index in [1.54, 1.807) is 17.1 Å². The van der Waals surface area contributed by atoms with Gasteiger partial charge in [-0.3, -0.25) is 4.79 Å². The predicted molar refractivity (Wildman–Crippen MR) is 125 cm³/mol. The average molecular weight is 511 g/mol. The molecule has 3 heterocycles. The highest BCUT2D eigenvalue weighted by atomic mass is 79.9. The van der Waals surface area contributed by atoms with Crippen molar-refractivity contribution in [1.29, 1.82) is 0 Å². The first-order chi connectivity index (χ1) is 14.4. The molecule has 1 saturated heterocycles. The topological polar surface area (TPSA) is 97.6 Å². The van der Waals surface area contributed by atoms with Crippen LogP contribution in [0.2, 0.25) is 18.1 Å². The zero-order chi connectivity index (χ0) is 23.0. The van der Waals surface area contributed by atoms with Gasteiger partial charge in [-0.1, -0.05) is 20.8 Å². The molecule has 0 bridgehead atoms. The number of piperidine rings is 1. The molecule has 8 nitrogen and oxygen atoms in total. The molecule has 1 aliphatic rings. The van der Waals surface area contributed by atoms with Gasteiger partial charge in [0, 0.05) is 23.6 Å². The van der Waals surface area contributed by atoms with Crippen molar-refractivity contribution in [2.45, 2.75) is 76.9 Å². The molecule has 2 aromatic rings. The van der Waals surface area contributed by atoms with Crippen molar-refractivity contribution >= 4 is 47.3 Å². The van der Waals surface area contributed by atoms with Crippen molar-refractivity contribution in [2.24, 2.45) is 0 Å². The average Bonchev–Trinajstić information content (AvgIpc) is 3.03. The van der Waals surface area contributed by atoms with E-state index in [1.165, 1.54) is 4.90 Å². The van der Waals surface area contributed by atoms with Crippen molar-refractivity contribution < 1.29 is 19.1 Å². The summed E-state index contributed by atoms with van der Waals surface area (Å²) in [5.41, 5.74) is 1.33. The van der Waals surface area contributed by atoms with Crippen molar-refractivity contribution in [1.82, 2.24) is 19.4 Å². The van der Waals surface area contributed by atoms with E-state index < -0.39 is 20.5 Å². The third-order valence-electron chi connectivity index (χ3n) is 6.42. The Morgan fingerprint density at radius 2 is 2.03 bits per heavy atom. The summed E-state index contributed by atoms with van der Waals surface area (Å²) in [6.45, 7) is 11.3. The maximum Gasteiger partial charge on any atom is 0.407 e. The minimum atomic E-state index is -2.12. The third-order valence-corrected chi connectivity index (χ3v) is 11.4. The van der Waals surface area contributed by atoms with E-state index in [0.717, 1.165) is 17.3 Å². The first-order valence-electron chi connectivity index (χ1n) is 10.5. The first-order valence-corrected chi connectivity index (χ1v) is 14.2. The van der Waals surface area contributed by atoms with Crippen LogP contribution in [0.5, 0.6) is 0 Å². The van der Waals surface area contributed by atoms with Crippen LogP contribution in [-0.2, 0) is 15.8 Å². The minimum absolute atomic E-state index is 0.00271. The van der Waals surface area contributed by atoms with Gasteiger partial charge >= 0.3 is 6.09 Å². The van der Waals surface area contributed by atoms with Gasteiger partial charge in [-0.2, -0.15) is 0 Å². The van der Waals surface area contributed by atoms with E-state index >= 15 is 0 Å². The van der Waals surface area contributed by atoms with Gasteiger partial charge in [0.05, 0.1) is 25.0 Å². The van der Waals surface area contributed by atoms with Crippen LogP contribution in [0.4, 0.5) is 4.79 Å². The largest absolute Gasteiger partial charge is 0.465 e. The standard InChI is InChI=1S/C21H31BrN4O4Si/c1-21(2,3)31(4,5)30-18-7-6-8-26(20(28)29)17(18)10-15(27)12-25-13-24-16-9-14(22)11-23-19(16)25/h9,11,13,17-18H,6-8,10,12H2,1-5H3,(H,28,29)/t17-,18+/m1/s1. The van der Waals surface area contributed by atoms with Gasteiger partial charge in [0.2, 0.25) is 0 Å². The summed E-state index contributed by atoms with van der Waals surface area (Å²) in [4.78, 5) is 35.0. The Hall–Kier alpha value is -1.78. The van der Waals surface area contributed by atoms with Crippen molar-refractivity contribution in [3.63, 3.8) is 0 Å². The molecule has 170 valence electrons. The Bertz CT molecular complexity index is 972. The van der Waals surface area contributed by atoms with Crippen LogP contribution < -0.4 is 0 Å². The molecule has 3 rings (SSSR count). The summed E-state index contributed by atoms with van der Waals surface area (Å²) in [6.07, 6.45) is 3.60. The lowest BCUT2D eigenvalue weighted by Crippen LogP contribution is -2.56. The number of hydrogen-bond acceptors (Lipinski definition) is 5. The normalized spacial score (nSPS) is 20.3. The van der Waals surface area contributed by atoms with E-state index in [-0.39, 0.29) is 29.9 Å². The lowest BCUT2D eigenvalue weighted by atomic mass is 9.95. The Balaban J connectivity index is 1.79. The number of rotatable bonds is 6. The van der Waals surface area contributed by atoms with E-state index in [4.69, 9.17) is 4.43 Å². The number of halogens is 1. The Morgan fingerprint density at radius 3 is 2.68 bits per heavy atom. The molecular formula is C21H31BrN4O4Si. The summed E-state index contributed by atoms with van der Waals surface area (Å²) >= 11 is 3.37. The predicted octanol–water partition coefficient (Wildman–Crippen LogP) is 4.69. The van der Waals surface area contributed by atoms with E-state index in [1.807, 2.05) is 6.07 Å². The van der Waals surface area contributed by atoms with Crippen LogP contribution >= 0.6 is 15.9 Å². The van der Waals surface area contributed by atoms with Crippen LogP contribution in [-0.4, -0.2) is 63.4 Å². The van der Waals surface area contributed by atoms with E-state index in [9.17, 15) is 14.7 Å². The van der Waals surface area contributed by atoms with Crippen LogP contribution in [0.3, 0.4) is 0 Å². The number of amides is 1. The molecule has 1 fully saturated rings. The van der Waals surface area contributed by atoms with Crippen LogP contribution in [0.15, 0.2) is 23.1 Å². The number of Topliss-reactive ketones (excluding diaryl/α,β-unsaturated/α-hetero) is 1. The Morgan fingerprint density at radius 1 is 1.32 bits per heavy atom. The van der Waals surface area contributed by atoms with Gasteiger partial charge in [-0.05, 0) is 53.0 Å².